The zero-order chi connectivity index (χ0) is 20.3. The molecule has 2 aromatic rings. The number of carbonyl (C=O) groups excluding carboxylic acids is 1. The fourth-order valence-electron chi connectivity index (χ4n) is 3.07. The van der Waals surface area contributed by atoms with Gasteiger partial charge in [-0.2, -0.15) is 0 Å². The molecule has 1 aliphatic rings. The second-order valence-electron chi connectivity index (χ2n) is 6.87. The minimum Gasteiger partial charge on any atom is -0.370 e. The first-order chi connectivity index (χ1) is 13.3. The highest BCUT2D eigenvalue weighted by atomic mass is 35.5. The third-order valence-electron chi connectivity index (χ3n) is 4.74. The predicted molar refractivity (Wildman–Crippen MR) is 122 cm³/mol. The van der Waals surface area contributed by atoms with Crippen LogP contribution in [0.25, 0.3) is 0 Å². The maximum atomic E-state index is 12.3. The second kappa shape index (κ2) is 9.31. The van der Waals surface area contributed by atoms with E-state index in [0.717, 1.165) is 24.7 Å². The van der Waals surface area contributed by atoms with Gasteiger partial charge < -0.3 is 10.2 Å². The van der Waals surface area contributed by atoms with Crippen LogP contribution in [0.15, 0.2) is 36.4 Å². The van der Waals surface area contributed by atoms with Gasteiger partial charge in [0.25, 0.3) is 5.91 Å². The zero-order valence-corrected chi connectivity index (χ0v) is 18.4. The lowest BCUT2D eigenvalue weighted by molar-refractivity contribution is 0.0977. The van der Waals surface area contributed by atoms with Crippen LogP contribution in [0.3, 0.4) is 0 Å². The van der Waals surface area contributed by atoms with E-state index in [1.165, 1.54) is 18.9 Å². The van der Waals surface area contributed by atoms with Gasteiger partial charge in [0.05, 0.1) is 20.8 Å². The van der Waals surface area contributed by atoms with Crippen molar-refractivity contribution in [2.75, 3.05) is 23.3 Å². The number of nitrogens with one attached hydrogen (secondary N) is 2. The van der Waals surface area contributed by atoms with Gasteiger partial charge in [0.15, 0.2) is 5.11 Å². The maximum Gasteiger partial charge on any atom is 0.257 e. The van der Waals surface area contributed by atoms with Crippen molar-refractivity contribution in [1.82, 2.24) is 5.32 Å². The summed E-state index contributed by atoms with van der Waals surface area (Å²) in [5.41, 5.74) is 2.09. The molecule has 0 atom stereocenters. The molecule has 2 aromatic carbocycles. The van der Waals surface area contributed by atoms with Crippen LogP contribution < -0.4 is 15.5 Å². The van der Waals surface area contributed by atoms with Crippen molar-refractivity contribution >= 4 is 69.4 Å². The van der Waals surface area contributed by atoms with Gasteiger partial charge in [-0.3, -0.25) is 10.1 Å². The van der Waals surface area contributed by atoms with Crippen molar-refractivity contribution in [2.45, 2.75) is 19.8 Å². The van der Waals surface area contributed by atoms with Crippen molar-refractivity contribution in [3.8, 4) is 0 Å². The van der Waals surface area contributed by atoms with Crippen LogP contribution in [-0.2, 0) is 0 Å². The Labute approximate surface area is 185 Å². The summed E-state index contributed by atoms with van der Waals surface area (Å²) in [6.45, 7) is 4.29. The molecule has 3 rings (SSSR count). The molecular formula is C20H20Cl3N3OS. The smallest absolute Gasteiger partial charge is 0.257 e. The maximum absolute atomic E-state index is 12.3. The SMILES string of the molecule is CC1CCN(c2ccc(NC(=S)NC(=O)c3ccc(Cl)c(Cl)c3)cc2Cl)CC1. The molecule has 1 fully saturated rings. The number of anilines is 2. The Morgan fingerprint density at radius 3 is 2.39 bits per heavy atom. The molecule has 0 unspecified atom stereocenters. The summed E-state index contributed by atoms with van der Waals surface area (Å²) in [4.78, 5) is 14.6. The van der Waals surface area contributed by atoms with Crippen molar-refractivity contribution < 1.29 is 4.79 Å². The Morgan fingerprint density at radius 2 is 1.75 bits per heavy atom. The van der Waals surface area contributed by atoms with Crippen LogP contribution in [0.5, 0.6) is 0 Å². The predicted octanol–water partition coefficient (Wildman–Crippen LogP) is 6.01. The van der Waals surface area contributed by atoms with Crippen molar-refractivity contribution in [3.63, 3.8) is 0 Å². The minimum atomic E-state index is -0.374. The molecule has 4 nitrogen and oxygen atoms in total. The fourth-order valence-corrected chi connectivity index (χ4v) is 3.87. The minimum absolute atomic E-state index is 0.173. The summed E-state index contributed by atoms with van der Waals surface area (Å²) < 4.78 is 0. The number of benzene rings is 2. The highest BCUT2D eigenvalue weighted by Crippen LogP contribution is 2.31. The lowest BCUT2D eigenvalue weighted by atomic mass is 9.99. The van der Waals surface area contributed by atoms with Gasteiger partial charge in [-0.15, -0.1) is 0 Å². The van der Waals surface area contributed by atoms with Crippen LogP contribution in [0.2, 0.25) is 15.1 Å². The van der Waals surface area contributed by atoms with Crippen LogP contribution in [0.1, 0.15) is 30.1 Å². The Morgan fingerprint density at radius 1 is 1.04 bits per heavy atom. The van der Waals surface area contributed by atoms with Crippen LogP contribution >= 0.6 is 47.0 Å². The van der Waals surface area contributed by atoms with Crippen molar-refractivity contribution in [3.05, 3.63) is 57.0 Å². The summed E-state index contributed by atoms with van der Waals surface area (Å²) in [5, 5.41) is 7.12. The van der Waals surface area contributed by atoms with Crippen LogP contribution in [0, 0.1) is 5.92 Å². The largest absolute Gasteiger partial charge is 0.370 e. The molecule has 0 bridgehead atoms. The van der Waals surface area contributed by atoms with E-state index in [4.69, 9.17) is 47.0 Å². The molecule has 148 valence electrons. The number of amides is 1. The van der Waals surface area contributed by atoms with E-state index < -0.39 is 0 Å². The number of carbonyl (C=O) groups is 1. The van der Waals surface area contributed by atoms with Gasteiger partial charge in [0.1, 0.15) is 0 Å². The number of piperidine rings is 1. The van der Waals surface area contributed by atoms with Gasteiger partial charge >= 0.3 is 0 Å². The molecule has 2 N–H and O–H groups in total. The highest BCUT2D eigenvalue weighted by Gasteiger charge is 2.18. The summed E-state index contributed by atoms with van der Waals surface area (Å²) in [6, 6.07) is 10.3. The van der Waals surface area contributed by atoms with Gasteiger partial charge in [0, 0.05) is 24.3 Å². The molecule has 0 aromatic heterocycles. The number of hydrogen-bond acceptors (Lipinski definition) is 3. The first-order valence-corrected chi connectivity index (χ1v) is 10.5. The Bertz CT molecular complexity index is 898. The van der Waals surface area contributed by atoms with Crippen LogP contribution in [-0.4, -0.2) is 24.1 Å². The van der Waals surface area contributed by atoms with Gasteiger partial charge in [-0.25, -0.2) is 0 Å². The number of rotatable bonds is 3. The van der Waals surface area contributed by atoms with Gasteiger partial charge in [-0.1, -0.05) is 41.7 Å². The monoisotopic (exact) mass is 455 g/mol. The Hall–Kier alpha value is -1.53. The lowest BCUT2D eigenvalue weighted by Gasteiger charge is -2.32. The third kappa shape index (κ3) is 5.29. The first-order valence-electron chi connectivity index (χ1n) is 8.95. The topological polar surface area (TPSA) is 44.4 Å². The molecule has 0 spiro atoms. The first kappa shape index (κ1) is 21.2. The van der Waals surface area contributed by atoms with Crippen molar-refractivity contribution in [1.29, 1.82) is 0 Å². The molecule has 1 amide bonds. The van der Waals surface area contributed by atoms with Crippen molar-refractivity contribution in [2.24, 2.45) is 5.92 Å². The number of hydrogen-bond donors (Lipinski definition) is 2. The van der Waals surface area contributed by atoms with E-state index in [1.807, 2.05) is 18.2 Å². The van der Waals surface area contributed by atoms with E-state index >= 15 is 0 Å². The molecule has 1 saturated heterocycles. The number of thiocarbonyl (C=S) groups is 1. The molecule has 28 heavy (non-hydrogen) atoms. The molecule has 0 radical (unpaired) electrons. The fraction of sp³-hybridized carbons (Fsp3) is 0.300. The molecule has 0 aliphatic carbocycles. The van der Waals surface area contributed by atoms with E-state index in [1.54, 1.807) is 12.1 Å². The van der Waals surface area contributed by atoms with Gasteiger partial charge in [-0.05, 0) is 67.4 Å². The number of halogens is 3. The molecule has 0 saturated carbocycles. The summed E-state index contributed by atoms with van der Waals surface area (Å²) in [6.07, 6.45) is 2.34. The van der Waals surface area contributed by atoms with E-state index in [-0.39, 0.29) is 11.0 Å². The van der Waals surface area contributed by atoms with Crippen LogP contribution in [0.4, 0.5) is 11.4 Å². The normalized spacial score (nSPS) is 14.6. The third-order valence-corrected chi connectivity index (χ3v) is 5.98. The second-order valence-corrected chi connectivity index (χ2v) is 8.50. The Balaban J connectivity index is 1.61. The summed E-state index contributed by atoms with van der Waals surface area (Å²) in [5.74, 6) is 0.383. The quantitative estimate of drug-likeness (QED) is 0.555. The molecule has 1 heterocycles. The van der Waals surface area contributed by atoms with E-state index in [0.29, 0.717) is 26.3 Å². The summed E-state index contributed by atoms with van der Waals surface area (Å²) in [7, 11) is 0. The Kier molecular flexibility index (Phi) is 7.05. The number of nitrogens with zero attached hydrogens (tertiary/aromatic N) is 1. The molecule has 1 aliphatic heterocycles. The molecule has 8 heteroatoms. The highest BCUT2D eigenvalue weighted by molar-refractivity contribution is 7.80. The lowest BCUT2D eigenvalue weighted by Crippen LogP contribution is -2.34. The standard InChI is InChI=1S/C20H20Cl3N3OS/c1-12-6-8-26(9-7-12)18-5-3-14(11-17(18)23)24-20(28)25-19(27)13-2-4-15(21)16(22)10-13/h2-5,10-12H,6-9H2,1H3,(H2,24,25,27,28). The molecular weight excluding hydrogens is 437 g/mol. The van der Waals surface area contributed by atoms with Gasteiger partial charge in [0.2, 0.25) is 0 Å². The summed E-state index contributed by atoms with van der Waals surface area (Å²) >= 11 is 23.5. The average Bonchev–Trinajstić information content (AvgIpc) is 2.65. The van der Waals surface area contributed by atoms with E-state index in [9.17, 15) is 4.79 Å². The zero-order valence-electron chi connectivity index (χ0n) is 15.3. The average molecular weight is 457 g/mol. The van der Waals surface area contributed by atoms with E-state index in [2.05, 4.69) is 22.5 Å².